The highest BCUT2D eigenvalue weighted by molar-refractivity contribution is 5.73. The monoisotopic (exact) mass is 121 g/mol. The normalized spacial score (nSPS) is 6.12. The van der Waals surface area contributed by atoms with Crippen LogP contribution in [0.5, 0.6) is 0 Å². The number of hydrogen-bond donors (Lipinski definition) is 3. The van der Waals surface area contributed by atoms with Crippen LogP contribution in [0.3, 0.4) is 0 Å². The molecule has 0 heterocycles. The van der Waals surface area contributed by atoms with E-state index in [9.17, 15) is 9.59 Å². The van der Waals surface area contributed by atoms with E-state index in [1.54, 1.807) is 5.43 Å². The van der Waals surface area contributed by atoms with Crippen LogP contribution >= 0.6 is 0 Å². The summed E-state index contributed by atoms with van der Waals surface area (Å²) in [6.07, 6.45) is -0.963. The lowest BCUT2D eigenvalue weighted by Gasteiger charge is -1.88. The van der Waals surface area contributed by atoms with E-state index >= 15 is 0 Å². The predicted octanol–water partition coefficient (Wildman–Crippen LogP) is -1.10. The number of hydrogen-bond acceptors (Lipinski definition) is 5. The molecule has 0 bridgehead atoms. The SMILES string of the molecule is N.NNC(=O)OC=O. The summed E-state index contributed by atoms with van der Waals surface area (Å²) in [5.74, 6) is 4.47. The Morgan fingerprint density at radius 1 is 1.75 bits per heavy atom. The van der Waals surface area contributed by atoms with Crippen LogP contribution in [0.4, 0.5) is 4.79 Å². The molecule has 0 aromatic heterocycles. The first-order valence-electron chi connectivity index (χ1n) is 1.42. The van der Waals surface area contributed by atoms with Crippen molar-refractivity contribution >= 4 is 12.6 Å². The van der Waals surface area contributed by atoms with E-state index in [0.717, 1.165) is 0 Å². The second-order valence-corrected chi connectivity index (χ2v) is 0.646. The van der Waals surface area contributed by atoms with Gasteiger partial charge >= 0.3 is 12.6 Å². The molecule has 0 rings (SSSR count). The number of nitrogens with two attached hydrogens (primary N) is 1. The lowest BCUT2D eigenvalue weighted by Crippen LogP contribution is -2.30. The second kappa shape index (κ2) is 5.86. The lowest BCUT2D eigenvalue weighted by atomic mass is 11.2. The molecular weight excluding hydrogens is 114 g/mol. The summed E-state index contributed by atoms with van der Waals surface area (Å²) in [7, 11) is 0. The molecule has 6 N–H and O–H groups in total. The van der Waals surface area contributed by atoms with Gasteiger partial charge in [0.05, 0.1) is 0 Å². The number of carbonyl (C=O) groups is 2. The number of ether oxygens (including phenoxy) is 1. The average Bonchev–Trinajstić information content (AvgIpc) is 1.68. The predicted molar refractivity (Wildman–Crippen MR) is 24.9 cm³/mol. The Hall–Kier alpha value is -1.14. The fourth-order valence-electron chi connectivity index (χ4n) is 0.0777. The van der Waals surface area contributed by atoms with Crippen LogP contribution in [0.15, 0.2) is 0 Å². The number of hydrazine groups is 1. The molecule has 0 saturated heterocycles. The van der Waals surface area contributed by atoms with Gasteiger partial charge in [-0.15, -0.1) is 0 Å². The van der Waals surface area contributed by atoms with Crippen LogP contribution in [0.25, 0.3) is 0 Å². The van der Waals surface area contributed by atoms with Crippen molar-refractivity contribution in [3.05, 3.63) is 0 Å². The van der Waals surface area contributed by atoms with Crippen molar-refractivity contribution in [3.8, 4) is 0 Å². The number of nitrogens with one attached hydrogen (secondary N) is 1. The molecule has 0 saturated carbocycles. The maximum absolute atomic E-state index is 9.72. The van der Waals surface area contributed by atoms with Crippen LogP contribution < -0.4 is 17.4 Å². The third kappa shape index (κ3) is 4.86. The lowest BCUT2D eigenvalue weighted by molar-refractivity contribution is -0.123. The van der Waals surface area contributed by atoms with Crippen LogP contribution in [0.2, 0.25) is 0 Å². The van der Waals surface area contributed by atoms with E-state index in [1.807, 2.05) is 0 Å². The van der Waals surface area contributed by atoms with Gasteiger partial charge in [0.15, 0.2) is 0 Å². The molecule has 0 unspecified atom stereocenters. The molecule has 0 aromatic rings. The van der Waals surface area contributed by atoms with Crippen LogP contribution in [-0.2, 0) is 9.53 Å². The van der Waals surface area contributed by atoms with Crippen molar-refractivity contribution in [2.24, 2.45) is 5.84 Å². The summed E-state index contributed by atoms with van der Waals surface area (Å²) >= 11 is 0. The zero-order valence-corrected chi connectivity index (χ0v) is 4.09. The molecule has 0 aromatic carbocycles. The Labute approximate surface area is 45.5 Å². The molecule has 0 spiro atoms. The third-order valence-corrected chi connectivity index (χ3v) is 0.273. The molecule has 6 heteroatoms. The Morgan fingerprint density at radius 2 is 2.25 bits per heavy atom. The van der Waals surface area contributed by atoms with Crippen molar-refractivity contribution in [1.82, 2.24) is 11.6 Å². The van der Waals surface area contributed by atoms with Gasteiger partial charge in [0.1, 0.15) is 0 Å². The summed E-state index contributed by atoms with van der Waals surface area (Å²) in [5.41, 5.74) is 1.57. The van der Waals surface area contributed by atoms with Gasteiger partial charge in [0.2, 0.25) is 0 Å². The van der Waals surface area contributed by atoms with Crippen LogP contribution in [0.1, 0.15) is 0 Å². The largest absolute Gasteiger partial charge is 0.428 e. The summed E-state index contributed by atoms with van der Waals surface area (Å²) in [5, 5.41) is 0. The second-order valence-electron chi connectivity index (χ2n) is 0.646. The fraction of sp³-hybridized carbons (Fsp3) is 0. The van der Waals surface area contributed by atoms with E-state index in [-0.39, 0.29) is 12.6 Å². The average molecular weight is 121 g/mol. The van der Waals surface area contributed by atoms with E-state index in [4.69, 9.17) is 0 Å². The molecule has 0 fully saturated rings. The molecule has 0 radical (unpaired) electrons. The zero-order valence-electron chi connectivity index (χ0n) is 4.09. The maximum atomic E-state index is 9.72. The smallest absolute Gasteiger partial charge is 0.378 e. The van der Waals surface area contributed by atoms with E-state index in [2.05, 4.69) is 10.6 Å². The highest BCUT2D eigenvalue weighted by Gasteiger charge is 1.90. The first-order valence-corrected chi connectivity index (χ1v) is 1.42. The summed E-state index contributed by atoms with van der Waals surface area (Å²) in [6.45, 7) is -0.0117. The molecule has 0 aliphatic rings. The first kappa shape index (κ1) is 9.97. The Kier molecular flexibility index (Phi) is 7.31. The van der Waals surface area contributed by atoms with Crippen molar-refractivity contribution in [2.75, 3.05) is 0 Å². The van der Waals surface area contributed by atoms with Gasteiger partial charge in [0.25, 0.3) is 0 Å². The Morgan fingerprint density at radius 3 is 2.38 bits per heavy atom. The molecule has 1 amide bonds. The van der Waals surface area contributed by atoms with Crippen LogP contribution in [-0.4, -0.2) is 12.6 Å². The standard InChI is InChI=1S/C2H4N2O3.H3N/c3-4-2(6)7-1-5;/h1H,3H2,(H,4,6);1H3. The van der Waals surface area contributed by atoms with Gasteiger partial charge in [-0.3, -0.25) is 10.2 Å². The quantitative estimate of drug-likeness (QED) is 0.134. The topological polar surface area (TPSA) is 116 Å². The van der Waals surface area contributed by atoms with Crippen molar-refractivity contribution in [2.45, 2.75) is 0 Å². The van der Waals surface area contributed by atoms with E-state index in [1.165, 1.54) is 0 Å². The summed E-state index contributed by atoms with van der Waals surface area (Å²) in [4.78, 5) is 19.0. The van der Waals surface area contributed by atoms with Gasteiger partial charge in [-0.25, -0.2) is 10.6 Å². The maximum Gasteiger partial charge on any atom is 0.428 e. The molecule has 0 aliphatic carbocycles. The van der Waals surface area contributed by atoms with E-state index in [0.29, 0.717) is 0 Å². The number of carbonyl (C=O) groups excluding carboxylic acids is 2. The summed E-state index contributed by atoms with van der Waals surface area (Å²) < 4.78 is 3.64. The van der Waals surface area contributed by atoms with Crippen molar-refractivity contribution in [1.29, 1.82) is 0 Å². The molecular formula is C2H7N3O3. The molecule has 8 heavy (non-hydrogen) atoms. The minimum Gasteiger partial charge on any atom is -0.378 e. The van der Waals surface area contributed by atoms with E-state index < -0.39 is 6.09 Å². The molecule has 6 nitrogen and oxygen atoms in total. The molecule has 0 aliphatic heterocycles. The fourth-order valence-corrected chi connectivity index (χ4v) is 0.0777. The van der Waals surface area contributed by atoms with Crippen molar-refractivity contribution in [3.63, 3.8) is 0 Å². The first-order chi connectivity index (χ1) is 3.31. The third-order valence-electron chi connectivity index (χ3n) is 0.273. The Bertz CT molecular complexity index is 82.6. The highest BCUT2D eigenvalue weighted by atomic mass is 16.6. The Balaban J connectivity index is 0. The highest BCUT2D eigenvalue weighted by Crippen LogP contribution is 1.62. The molecule has 0 atom stereocenters. The van der Waals surface area contributed by atoms with Gasteiger partial charge in [-0.2, -0.15) is 0 Å². The minimum atomic E-state index is -0.963. The van der Waals surface area contributed by atoms with Crippen molar-refractivity contribution < 1.29 is 14.3 Å². The molecule has 48 valence electrons. The number of amides is 1. The van der Waals surface area contributed by atoms with Gasteiger partial charge in [0, 0.05) is 0 Å². The zero-order chi connectivity index (χ0) is 5.70. The van der Waals surface area contributed by atoms with Crippen LogP contribution in [0, 0.1) is 0 Å². The van der Waals surface area contributed by atoms with Gasteiger partial charge in [-0.05, 0) is 0 Å². The number of rotatable bonds is 1. The minimum absolute atomic E-state index is 0. The van der Waals surface area contributed by atoms with Gasteiger partial charge in [-0.1, -0.05) is 0 Å². The summed E-state index contributed by atoms with van der Waals surface area (Å²) in [6, 6.07) is 0. The van der Waals surface area contributed by atoms with Gasteiger partial charge < -0.3 is 10.9 Å².